The Labute approximate surface area is 363 Å². The summed E-state index contributed by atoms with van der Waals surface area (Å²) in [7, 11) is -18.7. The van der Waals surface area contributed by atoms with E-state index in [1.165, 1.54) is 91.0 Å². The van der Waals surface area contributed by atoms with Gasteiger partial charge >= 0.3 is 0 Å². The van der Waals surface area contributed by atoms with Crippen LogP contribution in [0.3, 0.4) is 0 Å². The van der Waals surface area contributed by atoms with E-state index in [0.29, 0.717) is 5.69 Å². The second kappa shape index (κ2) is 18.6. The summed E-state index contributed by atoms with van der Waals surface area (Å²) in [6.45, 7) is 0. The van der Waals surface area contributed by atoms with Crippen LogP contribution < -0.4 is 0 Å². The highest BCUT2D eigenvalue weighted by atomic mass is 32.2. The van der Waals surface area contributed by atoms with Gasteiger partial charge in [-0.2, -0.15) is 54.1 Å². The molecule has 0 aliphatic heterocycles. The van der Waals surface area contributed by atoms with Gasteiger partial charge in [0.2, 0.25) is 11.4 Å². The Morgan fingerprint density at radius 3 is 1.12 bits per heavy atom. The lowest BCUT2D eigenvalue weighted by Crippen LogP contribution is -2.03. The van der Waals surface area contributed by atoms with Crippen LogP contribution in [0.15, 0.2) is 184 Å². The highest BCUT2D eigenvalue weighted by Crippen LogP contribution is 2.31. The van der Waals surface area contributed by atoms with Crippen molar-refractivity contribution in [2.75, 3.05) is 0 Å². The smallest absolute Gasteiger partial charge is 0.295 e. The van der Waals surface area contributed by atoms with Crippen LogP contribution in [-0.4, -0.2) is 61.6 Å². The lowest BCUT2D eigenvalue weighted by atomic mass is 10.1. The van der Waals surface area contributed by atoms with Gasteiger partial charge in [0.1, 0.15) is 21.2 Å². The molecule has 4 N–H and O–H groups in total. The van der Waals surface area contributed by atoms with Crippen molar-refractivity contribution in [3.8, 4) is 0 Å². The van der Waals surface area contributed by atoms with E-state index in [0.717, 1.165) is 54.6 Å². The fraction of sp³-hybridized carbons (Fsp3) is 0. The Bertz CT molecular complexity index is 3360. The van der Waals surface area contributed by atoms with Crippen LogP contribution in [0.25, 0.3) is 12.2 Å². The van der Waals surface area contributed by atoms with E-state index in [4.69, 9.17) is 9.11 Å². The van der Waals surface area contributed by atoms with Crippen molar-refractivity contribution in [2.45, 2.75) is 19.6 Å². The van der Waals surface area contributed by atoms with Crippen LogP contribution in [-0.2, 0) is 40.5 Å². The predicted molar refractivity (Wildman–Crippen MR) is 226 cm³/mol. The first kappa shape index (κ1) is 46.2. The minimum Gasteiger partial charge on any atom is -0.594 e. The average molecular weight is 949 g/mol. The third-order valence-electron chi connectivity index (χ3n) is 8.38. The van der Waals surface area contributed by atoms with E-state index < -0.39 is 50.3 Å². The van der Waals surface area contributed by atoms with Crippen LogP contribution in [0, 0.1) is 10.4 Å². The Morgan fingerprint density at radius 2 is 0.688 bits per heavy atom. The van der Waals surface area contributed by atoms with Crippen molar-refractivity contribution in [3.63, 3.8) is 0 Å². The molecule has 0 atom stereocenters. The lowest BCUT2D eigenvalue weighted by molar-refractivity contribution is -0.435. The van der Waals surface area contributed by atoms with Crippen molar-refractivity contribution in [1.82, 2.24) is 0 Å². The number of rotatable bonds is 14. The molecule has 0 unspecified atom stereocenters. The monoisotopic (exact) mass is 948 g/mol. The number of benzene rings is 6. The summed E-state index contributed by atoms with van der Waals surface area (Å²) in [6.07, 6.45) is 2.24. The van der Waals surface area contributed by atoms with Crippen LogP contribution in [0.4, 0.5) is 45.5 Å². The minimum absolute atomic E-state index is 0.0460. The molecule has 0 aromatic heterocycles. The third-order valence-corrected chi connectivity index (χ3v) is 11.9. The standard InChI is InChI=1S/C38H28N8O14S4/c47-45(43-31-14-21-36(22-15-31)62(52,53)54)33-17-10-28(11-18-33)41-42-32-5-3-25(37(23-32)63(55,56)57)1-2-26-4-16-34(24-38(26)64(58,59)60)46(48)44-30-8-6-27(7-9-30)39-40-29-12-19-35(20-13-29)61(49,50)51/h1-24H,(H,49,50,51)(H,52,53,54)(H,55,56,57)(H,58,59,60)/b2-1+,40-39?,42-41?,45-43?,46-44?. The van der Waals surface area contributed by atoms with Crippen LogP contribution >= 0.6 is 0 Å². The van der Waals surface area contributed by atoms with Crippen molar-refractivity contribution in [2.24, 2.45) is 30.7 Å². The van der Waals surface area contributed by atoms with E-state index in [1.807, 2.05) is 0 Å². The average Bonchev–Trinajstić information content (AvgIpc) is 3.24. The third kappa shape index (κ3) is 12.2. The van der Waals surface area contributed by atoms with E-state index in [9.17, 15) is 53.2 Å². The normalized spacial score (nSPS) is 13.3. The molecule has 0 fully saturated rings. The summed E-state index contributed by atoms with van der Waals surface area (Å²) in [4.78, 5) is -1.76. The number of hydrogen-bond donors (Lipinski definition) is 4. The molecule has 0 radical (unpaired) electrons. The first-order chi connectivity index (χ1) is 30.0. The maximum absolute atomic E-state index is 12.9. The molecule has 0 heterocycles. The molecular formula is C38H28N8O14S4. The zero-order valence-corrected chi connectivity index (χ0v) is 35.2. The van der Waals surface area contributed by atoms with Crippen molar-refractivity contribution < 1.29 is 61.6 Å². The summed E-state index contributed by atoms with van der Waals surface area (Å²) in [5, 5.41) is 49.0. The van der Waals surface area contributed by atoms with Gasteiger partial charge in [-0.05, 0) is 114 Å². The Balaban J connectivity index is 1.16. The van der Waals surface area contributed by atoms with E-state index >= 15 is 0 Å². The molecule has 0 saturated heterocycles. The number of nitrogens with zero attached hydrogens (tertiary/aromatic N) is 8. The van der Waals surface area contributed by atoms with Crippen molar-refractivity contribution >= 4 is 98.1 Å². The molecule has 26 heteroatoms. The number of hydrogen-bond acceptors (Lipinski definition) is 16. The maximum atomic E-state index is 12.9. The largest absolute Gasteiger partial charge is 0.594 e. The van der Waals surface area contributed by atoms with Crippen LogP contribution in [0.2, 0.25) is 0 Å². The Hall–Kier alpha value is -7.30. The van der Waals surface area contributed by atoms with Crippen molar-refractivity contribution in [1.29, 1.82) is 0 Å². The molecule has 6 rings (SSSR count). The highest BCUT2D eigenvalue weighted by Gasteiger charge is 2.20. The van der Waals surface area contributed by atoms with Gasteiger partial charge in [-0.1, -0.05) is 27.9 Å². The summed E-state index contributed by atoms with van der Waals surface area (Å²) in [6, 6.07) is 27.3. The second-order valence-corrected chi connectivity index (χ2v) is 18.5. The minimum atomic E-state index is -4.99. The second-order valence-electron chi connectivity index (χ2n) is 12.8. The molecule has 0 saturated carbocycles. The fourth-order valence-electron chi connectivity index (χ4n) is 5.29. The fourth-order valence-corrected chi connectivity index (χ4v) is 7.65. The molecule has 328 valence electrons. The van der Waals surface area contributed by atoms with Crippen LogP contribution in [0.5, 0.6) is 0 Å². The predicted octanol–water partition coefficient (Wildman–Crippen LogP) is 9.53. The summed E-state index contributed by atoms with van der Waals surface area (Å²) < 4.78 is 133. The Kier molecular flexibility index (Phi) is 13.4. The Morgan fingerprint density at radius 1 is 0.375 bits per heavy atom. The molecule has 0 spiro atoms. The number of azo groups is 4. The highest BCUT2D eigenvalue weighted by molar-refractivity contribution is 7.86. The molecule has 0 bridgehead atoms. The van der Waals surface area contributed by atoms with E-state index in [1.54, 1.807) is 0 Å². The lowest BCUT2D eigenvalue weighted by Gasteiger charge is -2.07. The van der Waals surface area contributed by atoms with Gasteiger partial charge in [-0.15, -0.1) is 0 Å². The summed E-state index contributed by atoms with van der Waals surface area (Å²) in [5.74, 6) is 0. The quantitative estimate of drug-likeness (QED) is 0.0260. The SMILES string of the molecule is O=S(=O)(O)c1ccc(N=Nc2ccc(N=[N+]([O-])c3ccc(/C=C/c4ccc(N=Nc5ccc([N+]([O-])=Nc6ccc(S(=O)(=O)O)cc6)cc5)cc4S(=O)(=O)O)c(S(=O)(=O)O)c3)cc2)cc1. The van der Waals surface area contributed by atoms with Crippen molar-refractivity contribution in [3.05, 3.63) is 155 Å². The van der Waals surface area contributed by atoms with Gasteiger partial charge in [0.15, 0.2) is 0 Å². The summed E-state index contributed by atoms with van der Waals surface area (Å²) in [5.41, 5.74) is 0.356. The molecular weight excluding hydrogens is 921 g/mol. The van der Waals surface area contributed by atoms with Gasteiger partial charge in [0, 0.05) is 34.5 Å². The molecule has 0 aliphatic carbocycles. The molecule has 6 aromatic rings. The molecule has 22 nitrogen and oxygen atoms in total. The van der Waals surface area contributed by atoms with Gasteiger partial charge in [0.05, 0.1) is 32.5 Å². The van der Waals surface area contributed by atoms with Gasteiger partial charge in [0.25, 0.3) is 40.5 Å². The van der Waals surface area contributed by atoms with Crippen LogP contribution in [0.1, 0.15) is 11.1 Å². The zero-order valence-electron chi connectivity index (χ0n) is 31.9. The zero-order chi connectivity index (χ0) is 46.5. The first-order valence-corrected chi connectivity index (χ1v) is 23.3. The topological polar surface area (TPSA) is 344 Å². The molecule has 0 amide bonds. The van der Waals surface area contributed by atoms with Gasteiger partial charge in [-0.25, -0.2) is 0 Å². The summed E-state index contributed by atoms with van der Waals surface area (Å²) >= 11 is 0. The molecule has 64 heavy (non-hydrogen) atoms. The van der Waals surface area contributed by atoms with E-state index in [2.05, 4.69) is 30.7 Å². The molecule has 6 aromatic carbocycles. The maximum Gasteiger partial charge on any atom is 0.295 e. The molecule has 0 aliphatic rings. The van der Waals surface area contributed by atoms with E-state index in [-0.39, 0.29) is 70.5 Å². The first-order valence-electron chi connectivity index (χ1n) is 17.5. The van der Waals surface area contributed by atoms with Gasteiger partial charge in [-0.3, -0.25) is 18.2 Å². The van der Waals surface area contributed by atoms with Gasteiger partial charge < -0.3 is 10.4 Å².